The lowest BCUT2D eigenvalue weighted by Crippen LogP contribution is -2.32. The first-order valence-corrected chi connectivity index (χ1v) is 8.12. The van der Waals surface area contributed by atoms with Gasteiger partial charge in [-0.3, -0.25) is 9.69 Å². The first-order chi connectivity index (χ1) is 10.6. The molecule has 112 valence electrons. The largest absolute Gasteiger partial charge is 0.449 e. The number of pyridine rings is 1. The Hall–Kier alpha value is -2.21. The summed E-state index contributed by atoms with van der Waals surface area (Å²) in [7, 11) is 0. The molecule has 5 nitrogen and oxygen atoms in total. The van der Waals surface area contributed by atoms with Crippen LogP contribution < -0.4 is 4.90 Å². The molecule has 3 aromatic rings. The van der Waals surface area contributed by atoms with Crippen molar-refractivity contribution in [1.29, 1.82) is 0 Å². The predicted molar refractivity (Wildman–Crippen MR) is 85.4 cm³/mol. The van der Waals surface area contributed by atoms with Gasteiger partial charge in [0.25, 0.3) is 5.91 Å². The fourth-order valence-electron chi connectivity index (χ4n) is 2.44. The van der Waals surface area contributed by atoms with E-state index >= 15 is 0 Å². The molecule has 1 saturated carbocycles. The molecule has 1 amide bonds. The van der Waals surface area contributed by atoms with Gasteiger partial charge in [-0.15, -0.1) is 11.3 Å². The Labute approximate surface area is 131 Å². The molecular formula is C16H15N3O2S. The van der Waals surface area contributed by atoms with Crippen LogP contribution in [0.15, 0.2) is 28.0 Å². The Morgan fingerprint density at radius 1 is 1.27 bits per heavy atom. The van der Waals surface area contributed by atoms with E-state index in [9.17, 15) is 4.79 Å². The molecule has 0 aromatic carbocycles. The summed E-state index contributed by atoms with van der Waals surface area (Å²) < 4.78 is 5.70. The van der Waals surface area contributed by atoms with Gasteiger partial charge in [-0.05, 0) is 38.8 Å². The van der Waals surface area contributed by atoms with E-state index in [1.165, 1.54) is 11.3 Å². The van der Waals surface area contributed by atoms with E-state index in [4.69, 9.17) is 4.42 Å². The highest BCUT2D eigenvalue weighted by Gasteiger charge is 2.37. The Balaban J connectivity index is 1.73. The zero-order chi connectivity index (χ0) is 15.3. The van der Waals surface area contributed by atoms with Crippen molar-refractivity contribution in [2.75, 3.05) is 4.90 Å². The molecule has 0 spiro atoms. The van der Waals surface area contributed by atoms with Gasteiger partial charge < -0.3 is 4.42 Å². The van der Waals surface area contributed by atoms with Crippen molar-refractivity contribution < 1.29 is 9.21 Å². The Morgan fingerprint density at radius 3 is 2.77 bits per heavy atom. The summed E-state index contributed by atoms with van der Waals surface area (Å²) in [6.07, 6.45) is 2.03. The Morgan fingerprint density at radius 2 is 2.09 bits per heavy atom. The topological polar surface area (TPSA) is 59.2 Å². The summed E-state index contributed by atoms with van der Waals surface area (Å²) in [6.45, 7) is 3.85. The van der Waals surface area contributed by atoms with Gasteiger partial charge in [-0.25, -0.2) is 9.97 Å². The van der Waals surface area contributed by atoms with Gasteiger partial charge in [0.1, 0.15) is 5.52 Å². The van der Waals surface area contributed by atoms with E-state index < -0.39 is 0 Å². The Bertz CT molecular complexity index is 863. The minimum atomic E-state index is -0.132. The van der Waals surface area contributed by atoms with Crippen molar-refractivity contribution in [2.45, 2.75) is 32.7 Å². The highest BCUT2D eigenvalue weighted by atomic mass is 32.1. The number of amides is 1. The molecule has 1 aliphatic rings. The van der Waals surface area contributed by atoms with Crippen LogP contribution in [0.4, 0.5) is 5.13 Å². The van der Waals surface area contributed by atoms with Crippen LogP contribution in [0, 0.1) is 13.8 Å². The van der Waals surface area contributed by atoms with E-state index in [-0.39, 0.29) is 11.9 Å². The number of hydrogen-bond donors (Lipinski definition) is 0. The highest BCUT2D eigenvalue weighted by molar-refractivity contribution is 7.14. The van der Waals surface area contributed by atoms with Gasteiger partial charge in [-0.1, -0.05) is 0 Å². The molecule has 0 radical (unpaired) electrons. The first-order valence-electron chi connectivity index (χ1n) is 7.25. The standard InChI is InChI=1S/C16H15N3O2S/c1-9-3-6-13-12(17-9)7-14(21-13)15(20)19(11-4-5-11)16-18-10(2)8-22-16/h3,6-8,11H,4-5H2,1-2H3. The van der Waals surface area contributed by atoms with E-state index in [2.05, 4.69) is 9.97 Å². The van der Waals surface area contributed by atoms with Gasteiger partial charge >= 0.3 is 0 Å². The van der Waals surface area contributed by atoms with Crippen LogP contribution in [0.3, 0.4) is 0 Å². The molecule has 0 atom stereocenters. The van der Waals surface area contributed by atoms with E-state index in [1.807, 2.05) is 31.4 Å². The van der Waals surface area contributed by atoms with Crippen molar-refractivity contribution >= 4 is 33.5 Å². The number of aryl methyl sites for hydroxylation is 2. The second-order valence-electron chi connectivity index (χ2n) is 5.62. The number of rotatable bonds is 3. The molecule has 0 unspecified atom stereocenters. The molecular weight excluding hydrogens is 298 g/mol. The molecule has 4 rings (SSSR count). The zero-order valence-electron chi connectivity index (χ0n) is 12.4. The summed E-state index contributed by atoms with van der Waals surface area (Å²) >= 11 is 1.49. The molecule has 1 fully saturated rings. The van der Waals surface area contributed by atoms with Crippen LogP contribution in [0.25, 0.3) is 11.1 Å². The van der Waals surface area contributed by atoms with Crippen molar-refractivity contribution in [3.63, 3.8) is 0 Å². The quantitative estimate of drug-likeness (QED) is 0.739. The van der Waals surface area contributed by atoms with Crippen LogP contribution >= 0.6 is 11.3 Å². The Kier molecular flexibility index (Phi) is 3.00. The van der Waals surface area contributed by atoms with E-state index in [1.54, 1.807) is 11.0 Å². The van der Waals surface area contributed by atoms with Crippen molar-refractivity contribution in [1.82, 2.24) is 9.97 Å². The number of anilines is 1. The lowest BCUT2D eigenvalue weighted by molar-refractivity contribution is 0.0960. The molecule has 3 heterocycles. The number of aromatic nitrogens is 2. The summed E-state index contributed by atoms with van der Waals surface area (Å²) in [5, 5.41) is 2.70. The maximum atomic E-state index is 12.9. The van der Waals surface area contributed by atoms with Crippen molar-refractivity contribution in [3.05, 3.63) is 40.7 Å². The van der Waals surface area contributed by atoms with Crippen LogP contribution in [0.5, 0.6) is 0 Å². The molecule has 0 bridgehead atoms. The van der Waals surface area contributed by atoms with Gasteiger partial charge in [0.15, 0.2) is 16.5 Å². The third-order valence-electron chi connectivity index (χ3n) is 3.67. The van der Waals surface area contributed by atoms with Gasteiger partial charge in [0.05, 0.1) is 5.69 Å². The fourth-order valence-corrected chi connectivity index (χ4v) is 3.31. The van der Waals surface area contributed by atoms with Crippen molar-refractivity contribution in [2.24, 2.45) is 0 Å². The average molecular weight is 313 g/mol. The predicted octanol–water partition coefficient (Wildman–Crippen LogP) is 3.71. The lowest BCUT2D eigenvalue weighted by atomic mass is 10.3. The molecule has 0 N–H and O–H groups in total. The number of carbonyl (C=O) groups is 1. The smallest absolute Gasteiger partial charge is 0.296 e. The molecule has 22 heavy (non-hydrogen) atoms. The summed E-state index contributed by atoms with van der Waals surface area (Å²) in [5.74, 6) is 0.195. The molecule has 1 aliphatic carbocycles. The van der Waals surface area contributed by atoms with E-state index in [0.717, 1.165) is 34.9 Å². The van der Waals surface area contributed by atoms with E-state index in [0.29, 0.717) is 11.3 Å². The lowest BCUT2D eigenvalue weighted by Gasteiger charge is -2.17. The number of hydrogen-bond acceptors (Lipinski definition) is 5. The van der Waals surface area contributed by atoms with Gasteiger partial charge in [0, 0.05) is 23.2 Å². The summed E-state index contributed by atoms with van der Waals surface area (Å²) in [6, 6.07) is 5.69. The zero-order valence-corrected chi connectivity index (χ0v) is 13.2. The maximum absolute atomic E-state index is 12.9. The van der Waals surface area contributed by atoms with Crippen LogP contribution in [-0.2, 0) is 0 Å². The highest BCUT2D eigenvalue weighted by Crippen LogP contribution is 2.35. The third-order valence-corrected chi connectivity index (χ3v) is 4.63. The third kappa shape index (κ3) is 2.29. The SMILES string of the molecule is Cc1csc(N(C(=O)c2cc3nc(C)ccc3o2)C2CC2)n1. The second kappa shape index (κ2) is 4.91. The summed E-state index contributed by atoms with van der Waals surface area (Å²) in [4.78, 5) is 23.5. The number of furan rings is 1. The average Bonchev–Trinajstić information content (AvgIpc) is 3.07. The molecule has 0 aliphatic heterocycles. The maximum Gasteiger partial charge on any atom is 0.296 e. The number of thiazole rings is 1. The first kappa shape index (κ1) is 13.5. The number of nitrogens with zero attached hydrogens (tertiary/aromatic N) is 3. The normalized spacial score (nSPS) is 14.5. The minimum Gasteiger partial charge on any atom is -0.449 e. The van der Waals surface area contributed by atoms with Crippen LogP contribution in [0.1, 0.15) is 34.8 Å². The van der Waals surface area contributed by atoms with Crippen LogP contribution in [-0.4, -0.2) is 21.9 Å². The monoisotopic (exact) mass is 313 g/mol. The molecule has 0 saturated heterocycles. The molecule has 3 aromatic heterocycles. The number of fused-ring (bicyclic) bond motifs is 1. The van der Waals surface area contributed by atoms with Gasteiger partial charge in [-0.2, -0.15) is 0 Å². The van der Waals surface area contributed by atoms with Crippen molar-refractivity contribution in [3.8, 4) is 0 Å². The van der Waals surface area contributed by atoms with Gasteiger partial charge in [0.2, 0.25) is 0 Å². The minimum absolute atomic E-state index is 0.132. The second-order valence-corrected chi connectivity index (χ2v) is 6.46. The molecule has 6 heteroatoms. The summed E-state index contributed by atoms with van der Waals surface area (Å²) in [5.41, 5.74) is 3.19. The van der Waals surface area contributed by atoms with Crippen LogP contribution in [0.2, 0.25) is 0 Å². The fraction of sp³-hybridized carbons (Fsp3) is 0.312. The number of carbonyl (C=O) groups excluding carboxylic acids is 1.